The van der Waals surface area contributed by atoms with E-state index in [0.717, 1.165) is 32.7 Å². The van der Waals surface area contributed by atoms with Crippen LogP contribution in [0.15, 0.2) is 305 Å². The molecule has 3 aliphatic rings. The van der Waals surface area contributed by atoms with E-state index in [-0.39, 0.29) is 17.8 Å². The maximum atomic E-state index is 4.16. The van der Waals surface area contributed by atoms with E-state index >= 15 is 0 Å². The molecule has 0 aliphatic heterocycles. The molecule has 87 heavy (non-hydrogen) atoms. The van der Waals surface area contributed by atoms with Crippen molar-refractivity contribution in [3.05, 3.63) is 355 Å². The van der Waals surface area contributed by atoms with Crippen molar-refractivity contribution < 1.29 is 0 Å². The highest BCUT2D eigenvalue weighted by molar-refractivity contribution is 9.11. The fourth-order valence-electron chi connectivity index (χ4n) is 14.8. The SMILES string of the molecule is Brc1ccc(-c2ccc(-c3ccccc3)cc2)cc1CC1c2ccccc2-c2c1c1c(c3c2C(Cc2cc(-c4ccc(-c5ccccc5)cc4)ccc2Br)c2ccccc2-3)C(Cc2cc(-c3ccc(-c4ccccc4)cc3)ccc2Br)c2ccccc2-1. The summed E-state index contributed by atoms with van der Waals surface area (Å²) in [5, 5.41) is 0. The Morgan fingerprint density at radius 3 is 0.678 bits per heavy atom. The Labute approximate surface area is 535 Å². The maximum absolute atomic E-state index is 4.16. The third kappa shape index (κ3) is 9.63. The van der Waals surface area contributed by atoms with Gasteiger partial charge in [-0.2, -0.15) is 0 Å². The van der Waals surface area contributed by atoms with Crippen LogP contribution in [0.25, 0.3) is 100 Å². The van der Waals surface area contributed by atoms with Gasteiger partial charge in [-0.25, -0.2) is 0 Å². The van der Waals surface area contributed by atoms with Gasteiger partial charge in [0.05, 0.1) is 0 Å². The first kappa shape index (κ1) is 53.7. The fourth-order valence-corrected chi connectivity index (χ4v) is 16.0. The second kappa shape index (κ2) is 22.5. The van der Waals surface area contributed by atoms with Gasteiger partial charge in [0.25, 0.3) is 0 Å². The summed E-state index contributed by atoms with van der Waals surface area (Å²) < 4.78 is 3.41. The Morgan fingerprint density at radius 1 is 0.207 bits per heavy atom. The molecule has 16 rings (SSSR count). The van der Waals surface area contributed by atoms with E-state index in [9.17, 15) is 0 Å². The lowest BCUT2D eigenvalue weighted by Crippen LogP contribution is -2.10. The summed E-state index contributed by atoms with van der Waals surface area (Å²) in [5.41, 5.74) is 35.5. The van der Waals surface area contributed by atoms with E-state index in [0.29, 0.717) is 0 Å². The van der Waals surface area contributed by atoms with Gasteiger partial charge in [0.15, 0.2) is 0 Å². The third-order valence-electron chi connectivity index (χ3n) is 18.9. The average molecular weight is 1310 g/mol. The van der Waals surface area contributed by atoms with Crippen LogP contribution in [0.2, 0.25) is 0 Å². The number of hydrogen-bond acceptors (Lipinski definition) is 0. The summed E-state index contributed by atoms with van der Waals surface area (Å²) in [6.45, 7) is 0. The summed E-state index contributed by atoms with van der Waals surface area (Å²) in [4.78, 5) is 0. The normalized spacial score (nSPS) is 14.9. The van der Waals surface area contributed by atoms with Gasteiger partial charge < -0.3 is 0 Å². The molecule has 0 nitrogen and oxygen atoms in total. The van der Waals surface area contributed by atoms with Crippen LogP contribution in [0, 0.1) is 0 Å². The van der Waals surface area contributed by atoms with Gasteiger partial charge in [-0.05, 0) is 188 Å². The Kier molecular flexibility index (Phi) is 13.9. The smallest absolute Gasteiger partial charge is 0.0208 e. The first-order valence-electron chi connectivity index (χ1n) is 30.2. The van der Waals surface area contributed by atoms with Crippen molar-refractivity contribution in [1.82, 2.24) is 0 Å². The first-order valence-corrected chi connectivity index (χ1v) is 32.6. The van der Waals surface area contributed by atoms with Crippen LogP contribution in [0.3, 0.4) is 0 Å². The molecule has 0 bridgehead atoms. The van der Waals surface area contributed by atoms with Gasteiger partial charge in [-0.3, -0.25) is 0 Å². The minimum Gasteiger partial charge on any atom is -0.0622 e. The predicted octanol–water partition coefficient (Wildman–Crippen LogP) is 24.0. The van der Waals surface area contributed by atoms with Crippen LogP contribution in [-0.2, 0) is 19.3 Å². The van der Waals surface area contributed by atoms with Crippen LogP contribution in [0.5, 0.6) is 0 Å². The summed E-state index contributed by atoms with van der Waals surface area (Å²) in [6.07, 6.45) is 2.51. The van der Waals surface area contributed by atoms with Gasteiger partial charge in [0.1, 0.15) is 0 Å². The third-order valence-corrected chi connectivity index (χ3v) is 21.2. The number of hydrogen-bond donors (Lipinski definition) is 0. The minimum absolute atomic E-state index is 0.0845. The lowest BCUT2D eigenvalue weighted by Gasteiger charge is -2.26. The molecule has 3 heteroatoms. The lowest BCUT2D eigenvalue weighted by molar-refractivity contribution is 0.799. The second-order valence-electron chi connectivity index (χ2n) is 23.6. The molecule has 0 spiro atoms. The highest BCUT2D eigenvalue weighted by Crippen LogP contribution is 2.65. The maximum Gasteiger partial charge on any atom is 0.0208 e. The molecule has 3 atom stereocenters. The highest BCUT2D eigenvalue weighted by Gasteiger charge is 2.46. The van der Waals surface area contributed by atoms with E-state index < -0.39 is 0 Å². The summed E-state index contributed by atoms with van der Waals surface area (Å²) >= 11 is 12.5. The number of fused-ring (bicyclic) bond motifs is 12. The standard InChI is InChI=1S/C84H57Br3/c85-76-43-40-61(58-34-28-55(29-35-58)52-16-4-1-5-17-52)46-64(76)49-73-67-22-10-13-25-70(67)79-82(73)80-71-26-14-11-23-68(71)74(50-65-47-62(41-44-77(65)86)59-36-30-56(31-37-59)53-18-6-2-7-19-53)84(80)81-72-27-15-12-24-69(72)75(83(79)81)51-66-48-63(42-45-78(66)87)60-38-32-57(33-39-60)54-20-8-3-9-21-54/h1-48,73-75H,49-51H2. The zero-order valence-corrected chi connectivity index (χ0v) is 52.5. The summed E-state index contributed by atoms with van der Waals surface area (Å²) in [7, 11) is 0. The van der Waals surface area contributed by atoms with Crippen molar-refractivity contribution >= 4 is 47.8 Å². The van der Waals surface area contributed by atoms with Crippen LogP contribution >= 0.6 is 47.8 Å². The largest absolute Gasteiger partial charge is 0.0622 e. The zero-order chi connectivity index (χ0) is 58.1. The molecule has 0 fully saturated rings. The fraction of sp³-hybridized carbons (Fsp3) is 0.0714. The average Bonchev–Trinajstić information content (AvgIpc) is 1.56. The molecule has 0 saturated carbocycles. The van der Waals surface area contributed by atoms with Crippen molar-refractivity contribution in [3.8, 4) is 100 Å². The Balaban J connectivity index is 0.870. The lowest BCUT2D eigenvalue weighted by atomic mass is 9.77. The molecule has 13 aromatic carbocycles. The van der Waals surface area contributed by atoms with Gasteiger partial charge in [0.2, 0.25) is 0 Å². The van der Waals surface area contributed by atoms with E-state index in [1.165, 1.54) is 150 Å². The number of rotatable bonds is 12. The van der Waals surface area contributed by atoms with E-state index in [2.05, 4.69) is 339 Å². The predicted molar refractivity (Wildman–Crippen MR) is 374 cm³/mol. The van der Waals surface area contributed by atoms with E-state index in [1.807, 2.05) is 0 Å². The molecular formula is C84H57Br3. The van der Waals surface area contributed by atoms with E-state index in [4.69, 9.17) is 0 Å². The molecule has 0 heterocycles. The van der Waals surface area contributed by atoms with Crippen molar-refractivity contribution in [2.24, 2.45) is 0 Å². The Bertz CT molecular complexity index is 4270. The van der Waals surface area contributed by atoms with Crippen LogP contribution in [0.4, 0.5) is 0 Å². The number of halogens is 3. The molecule has 3 aliphatic carbocycles. The molecule has 414 valence electrons. The Morgan fingerprint density at radius 2 is 0.414 bits per heavy atom. The number of benzene rings is 13. The molecular weight excluding hydrogens is 1250 g/mol. The molecule has 0 aromatic heterocycles. The molecule has 13 aromatic rings. The molecule has 0 amide bonds. The first-order chi connectivity index (χ1) is 42.9. The van der Waals surface area contributed by atoms with Gasteiger partial charge in [-0.1, -0.05) is 321 Å². The zero-order valence-electron chi connectivity index (χ0n) is 47.7. The van der Waals surface area contributed by atoms with Gasteiger partial charge in [0, 0.05) is 31.2 Å². The topological polar surface area (TPSA) is 0 Å². The minimum atomic E-state index is 0.0845. The van der Waals surface area contributed by atoms with Gasteiger partial charge >= 0.3 is 0 Å². The summed E-state index contributed by atoms with van der Waals surface area (Å²) in [5.74, 6) is 0.254. The molecule has 0 N–H and O–H groups in total. The van der Waals surface area contributed by atoms with Gasteiger partial charge in [-0.15, -0.1) is 0 Å². The van der Waals surface area contributed by atoms with Crippen molar-refractivity contribution in [3.63, 3.8) is 0 Å². The quantitative estimate of drug-likeness (QED) is 0.114. The molecule has 0 saturated heterocycles. The van der Waals surface area contributed by atoms with Crippen LogP contribution in [-0.4, -0.2) is 0 Å². The molecule has 3 unspecified atom stereocenters. The monoisotopic (exact) mass is 1300 g/mol. The van der Waals surface area contributed by atoms with Crippen molar-refractivity contribution in [2.75, 3.05) is 0 Å². The highest BCUT2D eigenvalue weighted by atomic mass is 79.9. The van der Waals surface area contributed by atoms with Crippen molar-refractivity contribution in [1.29, 1.82) is 0 Å². The van der Waals surface area contributed by atoms with Crippen molar-refractivity contribution in [2.45, 2.75) is 37.0 Å². The molecule has 0 radical (unpaired) electrons. The van der Waals surface area contributed by atoms with Crippen LogP contribution < -0.4 is 0 Å². The van der Waals surface area contributed by atoms with Crippen LogP contribution in [0.1, 0.15) is 67.8 Å². The summed E-state index contributed by atoms with van der Waals surface area (Å²) in [6, 6.07) is 109. The van der Waals surface area contributed by atoms with E-state index in [1.54, 1.807) is 0 Å². The Hall–Kier alpha value is -8.70. The second-order valence-corrected chi connectivity index (χ2v) is 26.2.